The molecule has 1 aromatic carbocycles. The summed E-state index contributed by atoms with van der Waals surface area (Å²) in [4.78, 5) is 11.3. The third-order valence-electron chi connectivity index (χ3n) is 1.92. The maximum atomic E-state index is 11.3. The minimum Gasteiger partial charge on any atom is -0.435 e. The predicted octanol–water partition coefficient (Wildman–Crippen LogP) is 4.92. The van der Waals surface area contributed by atoms with Crippen LogP contribution in [0.3, 0.4) is 0 Å². The van der Waals surface area contributed by atoms with Crippen molar-refractivity contribution >= 4 is 52.6 Å². The number of benzene rings is 1. The number of carbonyl (C=O) groups is 1. The van der Waals surface area contributed by atoms with Crippen LogP contribution in [0, 0.1) is 0 Å². The van der Waals surface area contributed by atoms with E-state index in [0.29, 0.717) is 10.6 Å². The normalized spacial score (nSPS) is 12.9. The Balaban J connectivity index is 2.96. The van der Waals surface area contributed by atoms with Crippen LogP contribution in [0.1, 0.15) is 18.6 Å². The van der Waals surface area contributed by atoms with Crippen LogP contribution < -0.4 is 0 Å². The summed E-state index contributed by atoms with van der Waals surface area (Å²) in [7, 11) is 0. The zero-order valence-electron chi connectivity index (χ0n) is 9.33. The molecule has 7 heteroatoms. The number of halogens is 4. The molecule has 0 aromatic heterocycles. The molecule has 0 aliphatic rings. The van der Waals surface area contributed by atoms with Gasteiger partial charge < -0.3 is 9.47 Å². The summed E-state index contributed by atoms with van der Waals surface area (Å²) in [5, 5.41) is 0.444. The zero-order chi connectivity index (χ0) is 13.8. The van der Waals surface area contributed by atoms with Crippen LogP contribution >= 0.6 is 46.4 Å². The average Bonchev–Trinajstić information content (AvgIpc) is 2.24. The van der Waals surface area contributed by atoms with E-state index in [1.54, 1.807) is 31.2 Å². The van der Waals surface area contributed by atoms with Crippen LogP contribution in [-0.4, -0.2) is 16.6 Å². The standard InChI is InChI=1S/C11H10Cl4O3/c1-2-17-10(16)18-9(11(13,14)15)7-4-3-5-8(12)6-7/h3-6,9H,2H2,1H3. The molecule has 1 rings (SSSR count). The van der Waals surface area contributed by atoms with Crippen molar-refractivity contribution in [3.05, 3.63) is 34.9 Å². The van der Waals surface area contributed by atoms with Crippen molar-refractivity contribution in [2.75, 3.05) is 6.61 Å². The summed E-state index contributed by atoms with van der Waals surface area (Å²) < 4.78 is 7.81. The summed E-state index contributed by atoms with van der Waals surface area (Å²) in [6.45, 7) is 1.81. The molecular weight excluding hydrogens is 322 g/mol. The van der Waals surface area contributed by atoms with Gasteiger partial charge in [0.15, 0.2) is 6.10 Å². The van der Waals surface area contributed by atoms with Crippen molar-refractivity contribution in [2.45, 2.75) is 16.8 Å². The number of hydrogen-bond acceptors (Lipinski definition) is 3. The number of alkyl halides is 3. The van der Waals surface area contributed by atoms with Crippen molar-refractivity contribution < 1.29 is 14.3 Å². The lowest BCUT2D eigenvalue weighted by Gasteiger charge is -2.24. The van der Waals surface area contributed by atoms with Gasteiger partial charge in [0, 0.05) is 5.02 Å². The van der Waals surface area contributed by atoms with E-state index in [4.69, 9.17) is 51.1 Å². The number of carbonyl (C=O) groups excluding carboxylic acids is 1. The van der Waals surface area contributed by atoms with Crippen LogP contribution in [0.15, 0.2) is 24.3 Å². The van der Waals surface area contributed by atoms with Gasteiger partial charge in [0.1, 0.15) is 0 Å². The maximum Gasteiger partial charge on any atom is 0.509 e. The van der Waals surface area contributed by atoms with Crippen LogP contribution in [0.5, 0.6) is 0 Å². The zero-order valence-corrected chi connectivity index (χ0v) is 12.4. The van der Waals surface area contributed by atoms with Crippen molar-refractivity contribution in [3.63, 3.8) is 0 Å². The Kier molecular flexibility index (Phi) is 5.86. The van der Waals surface area contributed by atoms with Gasteiger partial charge in [-0.25, -0.2) is 4.79 Å². The molecule has 100 valence electrons. The summed E-state index contributed by atoms with van der Waals surface area (Å²) in [6, 6.07) is 6.51. The highest BCUT2D eigenvalue weighted by Gasteiger charge is 2.38. The van der Waals surface area contributed by atoms with Gasteiger partial charge >= 0.3 is 6.16 Å². The quantitative estimate of drug-likeness (QED) is 0.582. The molecule has 1 atom stereocenters. The third-order valence-corrected chi connectivity index (χ3v) is 2.75. The Labute approximate surface area is 125 Å². The van der Waals surface area contributed by atoms with Gasteiger partial charge in [0.25, 0.3) is 0 Å². The minimum atomic E-state index is -1.82. The summed E-state index contributed by atoms with van der Waals surface area (Å²) >= 11 is 23.2. The van der Waals surface area contributed by atoms with E-state index in [-0.39, 0.29) is 6.61 Å². The first kappa shape index (κ1) is 15.7. The van der Waals surface area contributed by atoms with Gasteiger partial charge in [-0.3, -0.25) is 0 Å². The lowest BCUT2D eigenvalue weighted by molar-refractivity contribution is 0.0267. The molecule has 0 aliphatic heterocycles. The van der Waals surface area contributed by atoms with E-state index in [1.807, 2.05) is 0 Å². The molecule has 1 unspecified atom stereocenters. The lowest BCUT2D eigenvalue weighted by atomic mass is 10.1. The molecule has 0 saturated carbocycles. The predicted molar refractivity (Wildman–Crippen MR) is 72.6 cm³/mol. The molecular formula is C11H10Cl4O3. The van der Waals surface area contributed by atoms with E-state index >= 15 is 0 Å². The minimum absolute atomic E-state index is 0.168. The first-order chi connectivity index (χ1) is 8.34. The van der Waals surface area contributed by atoms with E-state index in [2.05, 4.69) is 4.74 Å². The van der Waals surface area contributed by atoms with Crippen LogP contribution in [-0.2, 0) is 9.47 Å². The molecule has 0 N–H and O–H groups in total. The second kappa shape index (κ2) is 6.71. The molecule has 0 spiro atoms. The van der Waals surface area contributed by atoms with Crippen molar-refractivity contribution in [2.24, 2.45) is 0 Å². The topological polar surface area (TPSA) is 35.5 Å². The third kappa shape index (κ3) is 4.73. The van der Waals surface area contributed by atoms with E-state index in [9.17, 15) is 4.79 Å². The molecule has 0 amide bonds. The van der Waals surface area contributed by atoms with Gasteiger partial charge in [-0.15, -0.1) is 0 Å². The van der Waals surface area contributed by atoms with Crippen molar-refractivity contribution in [1.29, 1.82) is 0 Å². The highest BCUT2D eigenvalue weighted by Crippen LogP contribution is 2.42. The molecule has 0 bridgehead atoms. The van der Waals surface area contributed by atoms with Gasteiger partial charge in [-0.05, 0) is 24.6 Å². The fraction of sp³-hybridized carbons (Fsp3) is 0.364. The molecule has 3 nitrogen and oxygen atoms in total. The second-order valence-electron chi connectivity index (χ2n) is 3.28. The molecule has 0 heterocycles. The molecule has 18 heavy (non-hydrogen) atoms. The first-order valence-electron chi connectivity index (χ1n) is 5.00. The Morgan fingerprint density at radius 1 is 1.39 bits per heavy atom. The number of hydrogen-bond donors (Lipinski definition) is 0. The smallest absolute Gasteiger partial charge is 0.435 e. The molecule has 0 aliphatic carbocycles. The van der Waals surface area contributed by atoms with Crippen molar-refractivity contribution in [3.8, 4) is 0 Å². The average molecular weight is 332 g/mol. The summed E-state index contributed by atoms with van der Waals surface area (Å²) in [5.41, 5.74) is 0.468. The van der Waals surface area contributed by atoms with Gasteiger partial charge in [-0.2, -0.15) is 0 Å². The fourth-order valence-corrected chi connectivity index (χ4v) is 1.95. The first-order valence-corrected chi connectivity index (χ1v) is 6.51. The molecule has 0 radical (unpaired) electrons. The largest absolute Gasteiger partial charge is 0.509 e. The van der Waals surface area contributed by atoms with Gasteiger partial charge in [0.05, 0.1) is 6.61 Å². The van der Waals surface area contributed by atoms with Crippen molar-refractivity contribution in [1.82, 2.24) is 0 Å². The highest BCUT2D eigenvalue weighted by atomic mass is 35.6. The fourth-order valence-electron chi connectivity index (χ4n) is 1.24. The Bertz CT molecular complexity index is 417. The monoisotopic (exact) mass is 330 g/mol. The number of ether oxygens (including phenoxy) is 2. The molecule has 1 aromatic rings. The molecule has 0 fully saturated rings. The van der Waals surface area contributed by atoms with E-state index in [1.165, 1.54) is 0 Å². The SMILES string of the molecule is CCOC(=O)OC(c1cccc(Cl)c1)C(Cl)(Cl)Cl. The summed E-state index contributed by atoms with van der Waals surface area (Å²) in [6.07, 6.45) is -2.01. The molecule has 0 saturated heterocycles. The Morgan fingerprint density at radius 2 is 2.06 bits per heavy atom. The number of rotatable bonds is 3. The Hall–Kier alpha value is -0.350. The van der Waals surface area contributed by atoms with Crippen LogP contribution in [0.25, 0.3) is 0 Å². The van der Waals surface area contributed by atoms with Crippen LogP contribution in [0.2, 0.25) is 5.02 Å². The van der Waals surface area contributed by atoms with E-state index in [0.717, 1.165) is 0 Å². The van der Waals surface area contributed by atoms with Crippen LogP contribution in [0.4, 0.5) is 4.79 Å². The highest BCUT2D eigenvalue weighted by molar-refractivity contribution is 6.68. The van der Waals surface area contributed by atoms with E-state index < -0.39 is 16.1 Å². The van der Waals surface area contributed by atoms with Gasteiger partial charge in [-0.1, -0.05) is 58.5 Å². The Morgan fingerprint density at radius 3 is 2.56 bits per heavy atom. The van der Waals surface area contributed by atoms with Gasteiger partial charge in [0.2, 0.25) is 3.79 Å². The maximum absolute atomic E-state index is 11.3. The lowest BCUT2D eigenvalue weighted by Crippen LogP contribution is -2.24. The summed E-state index contributed by atoms with van der Waals surface area (Å²) in [5.74, 6) is 0. The second-order valence-corrected chi connectivity index (χ2v) is 6.08.